The van der Waals surface area contributed by atoms with Gasteiger partial charge >= 0.3 is 0 Å². The molecule has 0 saturated heterocycles. The first kappa shape index (κ1) is 12.1. The Morgan fingerprint density at radius 1 is 1.28 bits per heavy atom. The minimum absolute atomic E-state index is 0.0534. The van der Waals surface area contributed by atoms with Crippen LogP contribution in [0.25, 0.3) is 0 Å². The summed E-state index contributed by atoms with van der Waals surface area (Å²) in [7, 11) is 0. The summed E-state index contributed by atoms with van der Waals surface area (Å²) in [4.78, 5) is 4.12. The molecule has 0 aliphatic heterocycles. The molecule has 18 heavy (non-hydrogen) atoms. The van der Waals surface area contributed by atoms with E-state index in [1.54, 1.807) is 37.3 Å². The molecule has 0 spiro atoms. The monoisotopic (exact) mass is 242 g/mol. The van der Waals surface area contributed by atoms with Crippen molar-refractivity contribution in [2.24, 2.45) is 0 Å². The molecule has 2 rings (SSSR count). The van der Waals surface area contributed by atoms with E-state index in [9.17, 15) is 4.39 Å². The van der Waals surface area contributed by atoms with Crippen LogP contribution in [0.15, 0.2) is 36.4 Å². The van der Waals surface area contributed by atoms with Gasteiger partial charge in [-0.2, -0.15) is 5.26 Å². The van der Waals surface area contributed by atoms with Gasteiger partial charge in [-0.3, -0.25) is 0 Å². The highest BCUT2D eigenvalue weighted by molar-refractivity contribution is 5.38. The van der Waals surface area contributed by atoms with Crippen LogP contribution in [0.2, 0.25) is 0 Å². The van der Waals surface area contributed by atoms with Gasteiger partial charge in [0, 0.05) is 11.3 Å². The van der Waals surface area contributed by atoms with Gasteiger partial charge in [0.25, 0.3) is 0 Å². The van der Waals surface area contributed by atoms with E-state index < -0.39 is 0 Å². The third kappa shape index (κ3) is 2.64. The fourth-order valence-electron chi connectivity index (χ4n) is 1.49. The van der Waals surface area contributed by atoms with Crippen LogP contribution in [0.1, 0.15) is 16.8 Å². The van der Waals surface area contributed by atoms with Crippen LogP contribution < -0.4 is 4.74 Å². The van der Waals surface area contributed by atoms with E-state index in [0.29, 0.717) is 11.1 Å². The Morgan fingerprint density at radius 2 is 2.06 bits per heavy atom. The van der Waals surface area contributed by atoms with Crippen LogP contribution in [-0.2, 0) is 6.61 Å². The lowest BCUT2D eigenvalue weighted by atomic mass is 10.2. The zero-order valence-electron chi connectivity index (χ0n) is 9.85. The lowest BCUT2D eigenvalue weighted by Gasteiger charge is -2.08. The lowest BCUT2D eigenvalue weighted by Crippen LogP contribution is -2.02. The summed E-state index contributed by atoms with van der Waals surface area (Å²) in [6.07, 6.45) is 0. The van der Waals surface area contributed by atoms with Crippen molar-refractivity contribution in [3.63, 3.8) is 0 Å². The van der Waals surface area contributed by atoms with Crippen LogP contribution >= 0.6 is 0 Å². The van der Waals surface area contributed by atoms with Gasteiger partial charge in [-0.05, 0) is 25.1 Å². The van der Waals surface area contributed by atoms with E-state index >= 15 is 0 Å². The molecule has 1 heterocycles. The molecule has 90 valence electrons. The van der Waals surface area contributed by atoms with Gasteiger partial charge in [-0.15, -0.1) is 0 Å². The number of aryl methyl sites for hydroxylation is 1. The molecule has 0 saturated carbocycles. The van der Waals surface area contributed by atoms with Crippen molar-refractivity contribution in [3.8, 4) is 11.9 Å². The normalized spacial score (nSPS) is 9.83. The molecule has 3 nitrogen and oxygen atoms in total. The molecule has 1 aromatic heterocycles. The fourth-order valence-corrected chi connectivity index (χ4v) is 1.49. The number of nitriles is 1. The topological polar surface area (TPSA) is 45.9 Å². The predicted octanol–water partition coefficient (Wildman–Crippen LogP) is 2.98. The molecule has 0 unspecified atom stereocenters. The molecule has 0 amide bonds. The van der Waals surface area contributed by atoms with Crippen molar-refractivity contribution >= 4 is 0 Å². The predicted molar refractivity (Wildman–Crippen MR) is 64.4 cm³/mol. The van der Waals surface area contributed by atoms with Gasteiger partial charge in [-0.25, -0.2) is 9.37 Å². The van der Waals surface area contributed by atoms with E-state index in [4.69, 9.17) is 10.00 Å². The maximum atomic E-state index is 13.4. The Morgan fingerprint density at radius 3 is 2.78 bits per heavy atom. The average Bonchev–Trinajstić information content (AvgIpc) is 2.38. The zero-order chi connectivity index (χ0) is 13.0. The third-order valence-electron chi connectivity index (χ3n) is 2.44. The second kappa shape index (κ2) is 5.28. The Labute approximate surface area is 104 Å². The van der Waals surface area contributed by atoms with Crippen LogP contribution in [0, 0.1) is 24.1 Å². The molecule has 0 aliphatic carbocycles. The van der Waals surface area contributed by atoms with Gasteiger partial charge in [-0.1, -0.05) is 18.2 Å². The van der Waals surface area contributed by atoms with Gasteiger partial charge in [0.05, 0.1) is 0 Å². The summed E-state index contributed by atoms with van der Waals surface area (Å²) in [5.41, 5.74) is 1.53. The number of hydrogen-bond donors (Lipinski definition) is 0. The Hall–Kier alpha value is -2.41. The van der Waals surface area contributed by atoms with Gasteiger partial charge in [0.15, 0.2) is 0 Å². The first-order valence-electron chi connectivity index (χ1n) is 5.44. The van der Waals surface area contributed by atoms with Crippen molar-refractivity contribution in [2.75, 3.05) is 0 Å². The molecule has 0 aliphatic rings. The smallest absolute Gasteiger partial charge is 0.232 e. The highest BCUT2D eigenvalue weighted by Crippen LogP contribution is 2.17. The zero-order valence-corrected chi connectivity index (χ0v) is 9.85. The molecule has 0 fully saturated rings. The number of aromatic nitrogens is 1. The number of ether oxygens (including phenoxy) is 1. The maximum Gasteiger partial charge on any atom is 0.232 e. The fraction of sp³-hybridized carbons (Fsp3) is 0.143. The number of pyridine rings is 1. The van der Waals surface area contributed by atoms with Crippen molar-refractivity contribution < 1.29 is 9.13 Å². The van der Waals surface area contributed by atoms with E-state index in [-0.39, 0.29) is 18.3 Å². The van der Waals surface area contributed by atoms with Crippen molar-refractivity contribution in [3.05, 3.63) is 59.0 Å². The van der Waals surface area contributed by atoms with Crippen molar-refractivity contribution in [2.45, 2.75) is 13.5 Å². The summed E-state index contributed by atoms with van der Waals surface area (Å²) in [5, 5.41) is 8.92. The second-order valence-corrected chi connectivity index (χ2v) is 3.80. The first-order valence-corrected chi connectivity index (χ1v) is 5.44. The largest absolute Gasteiger partial charge is 0.472 e. The maximum absolute atomic E-state index is 13.4. The standard InChI is InChI=1S/C14H11FN2O/c1-10-6-7-11(8-16)14(17-10)18-9-12-4-2-3-5-13(12)15/h2-7H,9H2,1H3. The van der Waals surface area contributed by atoms with Crippen LogP contribution in [0.4, 0.5) is 4.39 Å². The third-order valence-corrected chi connectivity index (χ3v) is 2.44. The molecule has 0 radical (unpaired) electrons. The molecule has 0 bridgehead atoms. The SMILES string of the molecule is Cc1ccc(C#N)c(OCc2ccccc2F)n1. The summed E-state index contributed by atoms with van der Waals surface area (Å²) < 4.78 is 18.8. The summed E-state index contributed by atoms with van der Waals surface area (Å²) >= 11 is 0. The summed E-state index contributed by atoms with van der Waals surface area (Å²) in [6.45, 7) is 1.86. The minimum atomic E-state index is -0.330. The Bertz CT molecular complexity index is 605. The van der Waals surface area contributed by atoms with Gasteiger partial charge in [0.1, 0.15) is 24.1 Å². The highest BCUT2D eigenvalue weighted by Gasteiger charge is 2.07. The number of nitrogens with zero attached hydrogens (tertiary/aromatic N) is 2. The van der Waals surface area contributed by atoms with Crippen LogP contribution in [-0.4, -0.2) is 4.98 Å². The van der Waals surface area contributed by atoms with E-state index in [0.717, 1.165) is 5.69 Å². The van der Waals surface area contributed by atoms with Crippen LogP contribution in [0.5, 0.6) is 5.88 Å². The Kier molecular flexibility index (Phi) is 3.54. The number of hydrogen-bond acceptors (Lipinski definition) is 3. The number of halogens is 1. The second-order valence-electron chi connectivity index (χ2n) is 3.80. The first-order chi connectivity index (χ1) is 8.70. The van der Waals surface area contributed by atoms with Gasteiger partial charge in [0.2, 0.25) is 5.88 Å². The molecule has 1 aromatic carbocycles. The summed E-state index contributed by atoms with van der Waals surface area (Å²) in [6, 6.07) is 11.7. The Balaban J connectivity index is 2.18. The molecule has 0 atom stereocenters. The average molecular weight is 242 g/mol. The van der Waals surface area contributed by atoms with Crippen molar-refractivity contribution in [1.82, 2.24) is 4.98 Å². The lowest BCUT2D eigenvalue weighted by molar-refractivity contribution is 0.286. The molecule has 4 heteroatoms. The number of benzene rings is 1. The van der Waals surface area contributed by atoms with E-state index in [1.807, 2.05) is 6.07 Å². The molecular formula is C14H11FN2O. The minimum Gasteiger partial charge on any atom is -0.472 e. The summed E-state index contributed by atoms with van der Waals surface area (Å²) in [5.74, 6) is -0.0931. The van der Waals surface area contributed by atoms with Gasteiger partial charge < -0.3 is 4.74 Å². The van der Waals surface area contributed by atoms with E-state index in [1.165, 1.54) is 6.07 Å². The van der Waals surface area contributed by atoms with E-state index in [2.05, 4.69) is 4.98 Å². The molecule has 0 N–H and O–H groups in total. The van der Waals surface area contributed by atoms with Crippen molar-refractivity contribution in [1.29, 1.82) is 5.26 Å². The number of rotatable bonds is 3. The quantitative estimate of drug-likeness (QED) is 0.831. The highest BCUT2D eigenvalue weighted by atomic mass is 19.1. The van der Waals surface area contributed by atoms with Crippen LogP contribution in [0.3, 0.4) is 0 Å². The molecular weight excluding hydrogens is 231 g/mol. The molecule has 2 aromatic rings.